The average molecular weight is 428 g/mol. The Morgan fingerprint density at radius 1 is 1.26 bits per heavy atom. The second-order valence-electron chi connectivity index (χ2n) is 8.23. The molecule has 0 radical (unpaired) electrons. The minimum absolute atomic E-state index is 0.0579. The van der Waals surface area contributed by atoms with Gasteiger partial charge < -0.3 is 31.1 Å². The number of ether oxygens (including phenoxy) is 1. The van der Waals surface area contributed by atoms with Crippen LogP contribution in [0.15, 0.2) is 40.9 Å². The summed E-state index contributed by atoms with van der Waals surface area (Å²) in [5.74, 6) is -5.73. The Hall–Kier alpha value is -3.17. The predicted molar refractivity (Wildman–Crippen MR) is 109 cm³/mol. The zero-order valence-electron chi connectivity index (χ0n) is 17.3. The molecule has 1 aromatic carbocycles. The van der Waals surface area contributed by atoms with Crippen molar-refractivity contribution < 1.29 is 34.4 Å². The van der Waals surface area contributed by atoms with E-state index in [0.717, 1.165) is 0 Å². The van der Waals surface area contributed by atoms with Gasteiger partial charge in [-0.15, -0.1) is 0 Å². The van der Waals surface area contributed by atoms with E-state index in [1.165, 1.54) is 20.2 Å². The summed E-state index contributed by atoms with van der Waals surface area (Å²) < 4.78 is 5.76. The smallest absolute Gasteiger partial charge is 0.255 e. The molecule has 0 spiro atoms. The lowest BCUT2D eigenvalue weighted by atomic mass is 9.55. The summed E-state index contributed by atoms with van der Waals surface area (Å²) >= 11 is 0. The van der Waals surface area contributed by atoms with Gasteiger partial charge in [-0.3, -0.25) is 14.4 Å². The van der Waals surface area contributed by atoms with E-state index in [1.54, 1.807) is 12.1 Å². The molecule has 0 fully saturated rings. The molecule has 9 heteroatoms. The highest BCUT2D eigenvalue weighted by molar-refractivity contribution is 6.25. The largest absolute Gasteiger partial charge is 0.511 e. The van der Waals surface area contributed by atoms with Gasteiger partial charge in [0.25, 0.3) is 5.91 Å². The number of likely N-dealkylation sites (N-methyl/N-ethyl adjacent to an activating group) is 1. The molecule has 1 aromatic rings. The molecular formula is C22H24N2O7. The molecule has 4 rings (SSSR count). The first-order valence-corrected chi connectivity index (χ1v) is 9.92. The van der Waals surface area contributed by atoms with E-state index in [2.05, 4.69) is 5.32 Å². The standard InChI is InChI=1S/C22H24N2O7/c1-8-9-5-4-6-11(25)14(9)17(27)16-13(8)18(31-3)10-7-12(26)15(21(23)30)19(28)22(10,24-2)20(16)29/h4-6,8,10,13,18,24-26,29H,7H2,1-3H3,(H2,23,30)/t8-,10-,13+,18-,22+/m0/s1. The third kappa shape index (κ3) is 2.47. The highest BCUT2D eigenvalue weighted by Crippen LogP contribution is 2.55. The van der Waals surface area contributed by atoms with Gasteiger partial charge in [0.05, 0.1) is 11.7 Å². The second kappa shape index (κ2) is 6.93. The van der Waals surface area contributed by atoms with Gasteiger partial charge in [-0.05, 0) is 24.6 Å². The summed E-state index contributed by atoms with van der Waals surface area (Å²) in [5.41, 5.74) is 3.42. The monoisotopic (exact) mass is 428 g/mol. The first kappa shape index (κ1) is 21.1. The van der Waals surface area contributed by atoms with Crippen LogP contribution < -0.4 is 11.1 Å². The van der Waals surface area contributed by atoms with Crippen LogP contribution in [0, 0.1) is 11.8 Å². The number of fused-ring (bicyclic) bond motifs is 3. The summed E-state index contributed by atoms with van der Waals surface area (Å²) in [6, 6.07) is 4.74. The number of primary amides is 1. The molecule has 0 aromatic heterocycles. The Kier molecular flexibility index (Phi) is 4.71. The Morgan fingerprint density at radius 2 is 1.94 bits per heavy atom. The molecule has 0 saturated carbocycles. The Labute approximate surface area is 178 Å². The summed E-state index contributed by atoms with van der Waals surface area (Å²) in [6.07, 6.45) is -0.932. The summed E-state index contributed by atoms with van der Waals surface area (Å²) in [7, 11) is 2.84. The van der Waals surface area contributed by atoms with E-state index in [1.807, 2.05) is 6.92 Å². The number of phenols is 1. The lowest BCUT2D eigenvalue weighted by molar-refractivity contribution is -0.134. The van der Waals surface area contributed by atoms with Crippen molar-refractivity contribution in [1.82, 2.24) is 5.32 Å². The SMILES string of the molecule is CN[C@@]12C(=O)C(C(N)=O)=C(O)C[C@H]1[C@H](OC)[C@H]1C(=C2O)C(=O)c2c(O)cccc2[C@@H]1C. The first-order chi connectivity index (χ1) is 14.6. The maximum Gasteiger partial charge on any atom is 0.255 e. The van der Waals surface area contributed by atoms with Crippen LogP contribution >= 0.6 is 0 Å². The molecule has 3 aliphatic rings. The number of phenolic OH excluding ortho intramolecular Hbond substituents is 1. The number of nitrogens with one attached hydrogen (secondary N) is 1. The van der Waals surface area contributed by atoms with Crippen molar-refractivity contribution in [1.29, 1.82) is 0 Å². The molecule has 0 aliphatic heterocycles. The predicted octanol–water partition coefficient (Wildman–Crippen LogP) is 0.994. The van der Waals surface area contributed by atoms with Crippen LogP contribution in [0.2, 0.25) is 0 Å². The lowest BCUT2D eigenvalue weighted by Crippen LogP contribution is -2.68. The molecule has 0 unspecified atom stereocenters. The van der Waals surface area contributed by atoms with Gasteiger partial charge in [-0.25, -0.2) is 0 Å². The molecule has 9 nitrogen and oxygen atoms in total. The van der Waals surface area contributed by atoms with Crippen LogP contribution in [0.3, 0.4) is 0 Å². The summed E-state index contributed by atoms with van der Waals surface area (Å²) in [5, 5.41) is 35.0. The van der Waals surface area contributed by atoms with Crippen molar-refractivity contribution in [2.75, 3.05) is 14.2 Å². The van der Waals surface area contributed by atoms with Crippen molar-refractivity contribution in [3.05, 3.63) is 52.0 Å². The lowest BCUT2D eigenvalue weighted by Gasteiger charge is -2.53. The van der Waals surface area contributed by atoms with Gasteiger partial charge in [-0.1, -0.05) is 19.1 Å². The van der Waals surface area contributed by atoms with E-state index in [4.69, 9.17) is 10.5 Å². The number of allylic oxidation sites excluding steroid dienone is 1. The minimum atomic E-state index is -1.89. The highest BCUT2D eigenvalue weighted by atomic mass is 16.5. The number of carbonyl (C=O) groups excluding carboxylic acids is 3. The zero-order chi connectivity index (χ0) is 22.8. The number of ketones is 2. The van der Waals surface area contributed by atoms with Crippen molar-refractivity contribution in [2.24, 2.45) is 17.6 Å². The topological polar surface area (TPSA) is 159 Å². The quantitative estimate of drug-likeness (QED) is 0.446. The fourth-order valence-electron chi connectivity index (χ4n) is 5.68. The van der Waals surface area contributed by atoms with Crippen LogP contribution in [0.1, 0.15) is 35.2 Å². The number of benzene rings is 1. The third-order valence-corrected chi connectivity index (χ3v) is 7.04. The molecular weight excluding hydrogens is 404 g/mol. The van der Waals surface area contributed by atoms with Crippen LogP contribution in [0.4, 0.5) is 0 Å². The molecule has 3 aliphatic carbocycles. The number of hydrogen-bond donors (Lipinski definition) is 5. The Morgan fingerprint density at radius 3 is 2.52 bits per heavy atom. The molecule has 164 valence electrons. The zero-order valence-corrected chi connectivity index (χ0v) is 17.3. The van der Waals surface area contributed by atoms with Gasteiger partial charge in [0.15, 0.2) is 11.6 Å². The number of amides is 1. The molecule has 0 saturated heterocycles. The highest BCUT2D eigenvalue weighted by Gasteiger charge is 2.64. The number of methoxy groups -OCH3 is 1. The number of carbonyl (C=O) groups is 3. The molecule has 1 amide bonds. The number of aliphatic hydroxyl groups is 2. The number of rotatable bonds is 3. The van der Waals surface area contributed by atoms with E-state index < -0.39 is 58.0 Å². The van der Waals surface area contributed by atoms with Gasteiger partial charge in [0.2, 0.25) is 0 Å². The van der Waals surface area contributed by atoms with Gasteiger partial charge in [-0.2, -0.15) is 0 Å². The van der Waals surface area contributed by atoms with Gasteiger partial charge in [0, 0.05) is 30.9 Å². The fraction of sp³-hybridized carbons (Fsp3) is 0.409. The van der Waals surface area contributed by atoms with Crippen LogP contribution in [-0.2, 0) is 14.3 Å². The second-order valence-corrected chi connectivity index (χ2v) is 8.23. The first-order valence-electron chi connectivity index (χ1n) is 9.92. The molecule has 31 heavy (non-hydrogen) atoms. The minimum Gasteiger partial charge on any atom is -0.511 e. The van der Waals surface area contributed by atoms with Crippen LogP contribution in [0.5, 0.6) is 5.75 Å². The Bertz CT molecular complexity index is 1090. The number of nitrogens with two attached hydrogens (primary N) is 1. The molecule has 0 bridgehead atoms. The molecule has 5 atom stereocenters. The van der Waals surface area contributed by atoms with Crippen molar-refractivity contribution in [3.63, 3.8) is 0 Å². The van der Waals surface area contributed by atoms with E-state index in [-0.39, 0.29) is 29.2 Å². The van der Waals surface area contributed by atoms with Gasteiger partial charge in [0.1, 0.15) is 28.4 Å². The van der Waals surface area contributed by atoms with Crippen molar-refractivity contribution in [3.8, 4) is 5.75 Å². The number of Topliss-reactive ketones (excluding diaryl/α,β-unsaturated/α-hetero) is 2. The van der Waals surface area contributed by atoms with Gasteiger partial charge >= 0.3 is 0 Å². The molecule has 0 heterocycles. The summed E-state index contributed by atoms with van der Waals surface area (Å²) in [4.78, 5) is 38.8. The summed E-state index contributed by atoms with van der Waals surface area (Å²) in [6.45, 7) is 1.84. The van der Waals surface area contributed by atoms with E-state index in [9.17, 15) is 29.7 Å². The maximum absolute atomic E-state index is 13.5. The van der Waals surface area contributed by atoms with Crippen LogP contribution in [0.25, 0.3) is 0 Å². The maximum atomic E-state index is 13.5. The van der Waals surface area contributed by atoms with E-state index in [0.29, 0.717) is 5.56 Å². The van der Waals surface area contributed by atoms with Crippen LogP contribution in [-0.4, -0.2) is 58.6 Å². The molecule has 6 N–H and O–H groups in total. The van der Waals surface area contributed by atoms with Crippen molar-refractivity contribution in [2.45, 2.75) is 30.9 Å². The van der Waals surface area contributed by atoms with E-state index >= 15 is 0 Å². The average Bonchev–Trinajstić information content (AvgIpc) is 2.71. The third-order valence-electron chi connectivity index (χ3n) is 7.04. The number of aromatic hydroxyl groups is 1. The van der Waals surface area contributed by atoms with Crippen molar-refractivity contribution >= 4 is 17.5 Å². The fourth-order valence-corrected chi connectivity index (χ4v) is 5.68. The number of hydrogen-bond acceptors (Lipinski definition) is 8. The number of aliphatic hydroxyl groups excluding tert-OH is 2. The normalized spacial score (nSPS) is 32.5. The Balaban J connectivity index is 2.06.